The van der Waals surface area contributed by atoms with E-state index in [0.29, 0.717) is 23.8 Å². The van der Waals surface area contributed by atoms with Crippen LogP contribution in [-0.4, -0.2) is 17.3 Å². The highest BCUT2D eigenvalue weighted by Crippen LogP contribution is 2.34. The number of nitrogens with zero attached hydrogens (tertiary/aromatic N) is 2. The lowest BCUT2D eigenvalue weighted by Gasteiger charge is -2.12. The Morgan fingerprint density at radius 1 is 1.05 bits per heavy atom. The molecule has 1 heterocycles. The van der Waals surface area contributed by atoms with Gasteiger partial charge in [0.2, 0.25) is 0 Å². The third kappa shape index (κ3) is 2.64. The van der Waals surface area contributed by atoms with Crippen molar-refractivity contribution in [3.8, 4) is 17.2 Å². The zero-order valence-electron chi connectivity index (χ0n) is 11.6. The molecule has 3 aromatic rings. The molecule has 0 atom stereocenters. The maximum Gasteiger partial charge on any atom is 0.169 e. The molecule has 2 aromatic carbocycles. The maximum absolute atomic E-state index is 5.94. The van der Waals surface area contributed by atoms with Gasteiger partial charge in [-0.3, -0.25) is 0 Å². The van der Waals surface area contributed by atoms with Gasteiger partial charge in [-0.05, 0) is 29.8 Å². The van der Waals surface area contributed by atoms with Crippen molar-refractivity contribution in [2.75, 3.05) is 7.11 Å². The van der Waals surface area contributed by atoms with Crippen LogP contribution in [0.1, 0.15) is 5.56 Å². The van der Waals surface area contributed by atoms with Gasteiger partial charge < -0.3 is 15.2 Å². The fraction of sp³-hybridized carbons (Fsp3) is 0.125. The number of hydrogen-bond donors (Lipinski definition) is 1. The van der Waals surface area contributed by atoms with E-state index in [1.165, 1.54) is 0 Å². The molecule has 1 aromatic heterocycles. The number of hydrogen-bond acceptors (Lipinski definition) is 5. The summed E-state index contributed by atoms with van der Waals surface area (Å²) in [6, 6.07) is 13.3. The van der Waals surface area contributed by atoms with Crippen molar-refractivity contribution in [1.29, 1.82) is 0 Å². The molecule has 0 fully saturated rings. The number of aromatic nitrogens is 2. The summed E-state index contributed by atoms with van der Waals surface area (Å²) in [6.07, 6.45) is 1.60. The van der Waals surface area contributed by atoms with Crippen LogP contribution >= 0.6 is 0 Å². The summed E-state index contributed by atoms with van der Waals surface area (Å²) in [7, 11) is 1.60. The predicted octanol–water partition coefficient (Wildman–Crippen LogP) is 2.89. The van der Waals surface area contributed by atoms with E-state index >= 15 is 0 Å². The molecule has 5 nitrogen and oxygen atoms in total. The lowest BCUT2D eigenvalue weighted by molar-refractivity contribution is 0.379. The zero-order chi connectivity index (χ0) is 14.7. The summed E-state index contributed by atoms with van der Waals surface area (Å²) >= 11 is 0. The molecule has 0 saturated carbocycles. The van der Waals surface area contributed by atoms with Crippen molar-refractivity contribution in [2.45, 2.75) is 6.54 Å². The van der Waals surface area contributed by atoms with E-state index < -0.39 is 0 Å². The number of ether oxygens (including phenoxy) is 2. The summed E-state index contributed by atoms with van der Waals surface area (Å²) in [5.41, 5.74) is 7.40. The van der Waals surface area contributed by atoms with Crippen LogP contribution in [0.2, 0.25) is 0 Å². The van der Waals surface area contributed by atoms with Gasteiger partial charge in [0.05, 0.1) is 18.8 Å². The maximum atomic E-state index is 5.94. The average molecular weight is 281 g/mol. The van der Waals surface area contributed by atoms with Crippen LogP contribution in [0.4, 0.5) is 0 Å². The molecule has 0 unspecified atom stereocenters. The summed E-state index contributed by atoms with van der Waals surface area (Å²) in [5.74, 6) is 1.89. The second-order valence-electron chi connectivity index (χ2n) is 4.52. The van der Waals surface area contributed by atoms with Gasteiger partial charge in [-0.1, -0.05) is 18.2 Å². The second kappa shape index (κ2) is 5.76. The predicted molar refractivity (Wildman–Crippen MR) is 80.5 cm³/mol. The molecule has 0 aliphatic carbocycles. The smallest absolute Gasteiger partial charge is 0.169 e. The van der Waals surface area contributed by atoms with Gasteiger partial charge in [-0.2, -0.15) is 10.2 Å². The summed E-state index contributed by atoms with van der Waals surface area (Å²) in [5, 5.41) is 8.94. The molecule has 0 bridgehead atoms. The molecule has 0 radical (unpaired) electrons. The molecule has 3 rings (SSSR count). The first-order valence-electron chi connectivity index (χ1n) is 6.57. The fourth-order valence-electron chi connectivity index (χ4n) is 2.11. The van der Waals surface area contributed by atoms with Crippen molar-refractivity contribution < 1.29 is 9.47 Å². The molecule has 0 aliphatic heterocycles. The molecule has 0 saturated heterocycles. The van der Waals surface area contributed by atoms with E-state index in [0.717, 1.165) is 16.5 Å². The summed E-state index contributed by atoms with van der Waals surface area (Å²) < 4.78 is 11.3. The second-order valence-corrected chi connectivity index (χ2v) is 4.52. The highest BCUT2D eigenvalue weighted by atomic mass is 16.5. The highest BCUT2D eigenvalue weighted by molar-refractivity contribution is 5.84. The highest BCUT2D eigenvalue weighted by Gasteiger charge is 2.09. The van der Waals surface area contributed by atoms with Crippen LogP contribution in [0.15, 0.2) is 48.7 Å². The van der Waals surface area contributed by atoms with Crippen LogP contribution in [0.5, 0.6) is 17.2 Å². The molecular formula is C16H15N3O2. The lowest BCUT2D eigenvalue weighted by Crippen LogP contribution is -1.98. The molecule has 0 spiro atoms. The number of benzene rings is 2. The third-order valence-corrected chi connectivity index (χ3v) is 3.19. The van der Waals surface area contributed by atoms with Gasteiger partial charge in [0.1, 0.15) is 0 Å². The molecule has 5 heteroatoms. The molecule has 106 valence electrons. The molecular weight excluding hydrogens is 266 g/mol. The number of nitrogens with two attached hydrogens (primary N) is 1. The minimum absolute atomic E-state index is 0.455. The van der Waals surface area contributed by atoms with Crippen LogP contribution < -0.4 is 15.2 Å². The normalized spacial score (nSPS) is 10.6. The Bertz CT molecular complexity index is 769. The van der Waals surface area contributed by atoms with Gasteiger partial charge in [0.15, 0.2) is 17.2 Å². The number of fused-ring (bicyclic) bond motifs is 1. The summed E-state index contributed by atoms with van der Waals surface area (Å²) in [6.45, 7) is 0.455. The third-order valence-electron chi connectivity index (χ3n) is 3.19. The van der Waals surface area contributed by atoms with E-state index in [2.05, 4.69) is 10.2 Å². The zero-order valence-corrected chi connectivity index (χ0v) is 11.6. The fourth-order valence-corrected chi connectivity index (χ4v) is 2.11. The van der Waals surface area contributed by atoms with Crippen LogP contribution in [0.25, 0.3) is 10.9 Å². The van der Waals surface area contributed by atoms with E-state index in [1.807, 2.05) is 42.5 Å². The summed E-state index contributed by atoms with van der Waals surface area (Å²) in [4.78, 5) is 0. The van der Waals surface area contributed by atoms with Crippen molar-refractivity contribution >= 4 is 10.9 Å². The number of rotatable bonds is 4. The van der Waals surface area contributed by atoms with Crippen LogP contribution in [0.3, 0.4) is 0 Å². The topological polar surface area (TPSA) is 70.3 Å². The largest absolute Gasteiger partial charge is 0.493 e. The minimum atomic E-state index is 0.455. The van der Waals surface area contributed by atoms with Crippen LogP contribution in [-0.2, 0) is 6.54 Å². The average Bonchev–Trinajstić information content (AvgIpc) is 2.55. The number of methoxy groups -OCH3 is 1. The monoisotopic (exact) mass is 281 g/mol. The Kier molecular flexibility index (Phi) is 3.66. The quantitative estimate of drug-likeness (QED) is 0.796. The molecule has 0 aliphatic rings. The first-order chi connectivity index (χ1) is 10.3. The van der Waals surface area contributed by atoms with Gasteiger partial charge in [0.25, 0.3) is 0 Å². The Balaban J connectivity index is 2.02. The Hall–Kier alpha value is -2.66. The van der Waals surface area contributed by atoms with Gasteiger partial charge in [-0.15, -0.1) is 0 Å². The van der Waals surface area contributed by atoms with Gasteiger partial charge >= 0.3 is 0 Å². The first-order valence-corrected chi connectivity index (χ1v) is 6.57. The van der Waals surface area contributed by atoms with E-state index in [1.54, 1.807) is 13.3 Å². The Morgan fingerprint density at radius 2 is 1.90 bits per heavy atom. The van der Waals surface area contributed by atoms with Gasteiger partial charge in [-0.25, -0.2) is 0 Å². The molecule has 0 amide bonds. The Morgan fingerprint density at radius 3 is 2.71 bits per heavy atom. The van der Waals surface area contributed by atoms with Gasteiger partial charge in [0, 0.05) is 11.9 Å². The van der Waals surface area contributed by atoms with Crippen LogP contribution in [0, 0.1) is 0 Å². The first kappa shape index (κ1) is 13.3. The van der Waals surface area contributed by atoms with Crippen molar-refractivity contribution in [3.63, 3.8) is 0 Å². The standard InChI is InChI=1S/C16H15N3O2/c1-20-15-8-11(9-17)6-7-14(15)21-16-10-18-19-13-5-3-2-4-12(13)16/h2-8,10H,9,17H2,1H3. The minimum Gasteiger partial charge on any atom is -0.493 e. The molecule has 2 N–H and O–H groups in total. The van der Waals surface area contributed by atoms with Crippen molar-refractivity contribution in [2.24, 2.45) is 5.73 Å². The lowest BCUT2D eigenvalue weighted by atomic mass is 10.2. The van der Waals surface area contributed by atoms with E-state index in [4.69, 9.17) is 15.2 Å². The SMILES string of the molecule is COc1cc(CN)ccc1Oc1cnnc2ccccc12. The van der Waals surface area contributed by atoms with Crippen molar-refractivity contribution in [1.82, 2.24) is 10.2 Å². The van der Waals surface area contributed by atoms with E-state index in [9.17, 15) is 0 Å². The Labute approximate surface area is 122 Å². The molecule has 21 heavy (non-hydrogen) atoms. The van der Waals surface area contributed by atoms with Crippen molar-refractivity contribution in [3.05, 3.63) is 54.2 Å². The van der Waals surface area contributed by atoms with E-state index in [-0.39, 0.29) is 0 Å².